The monoisotopic (exact) mass is 315 g/mol. The maximum absolute atomic E-state index is 10.7. The molecule has 0 aliphatic carbocycles. The van der Waals surface area contributed by atoms with E-state index in [1.54, 1.807) is 0 Å². The number of rotatable bonds is 5. The summed E-state index contributed by atoms with van der Waals surface area (Å²) in [5.74, 6) is 0.586. The first-order valence-electron chi connectivity index (χ1n) is 5.85. The first kappa shape index (κ1) is 15.0. The molecule has 0 aliphatic rings. The van der Waals surface area contributed by atoms with Gasteiger partial charge in [-0.2, -0.15) is 0 Å². The summed E-state index contributed by atoms with van der Waals surface area (Å²) < 4.78 is 0.692. The summed E-state index contributed by atoms with van der Waals surface area (Å²) in [7, 11) is 1.90. The van der Waals surface area contributed by atoms with Gasteiger partial charge in [0.05, 0.1) is 10.6 Å². The van der Waals surface area contributed by atoms with Crippen molar-refractivity contribution in [2.45, 2.75) is 32.7 Å². The Morgan fingerprint density at radius 1 is 1.44 bits per heavy atom. The van der Waals surface area contributed by atoms with Gasteiger partial charge in [-0.1, -0.05) is 13.8 Å². The number of hydrogen-bond acceptors (Lipinski definition) is 4. The summed E-state index contributed by atoms with van der Waals surface area (Å²) >= 11 is 3.39. The Labute approximate surface area is 115 Å². The first-order chi connectivity index (χ1) is 8.38. The standard InChI is InChI=1S/C12H18BrN3O2/c1-7(2)11(8(3)14-4)12-10(13)5-9(6-15-12)16(17)18/h5-8,11,14H,1-4H3. The molecule has 1 aromatic rings. The molecule has 0 fully saturated rings. The van der Waals surface area contributed by atoms with E-state index in [2.05, 4.69) is 47.0 Å². The zero-order chi connectivity index (χ0) is 13.9. The molecule has 5 nitrogen and oxygen atoms in total. The molecule has 0 radical (unpaired) electrons. The molecule has 18 heavy (non-hydrogen) atoms. The Balaban J connectivity index is 3.17. The highest BCUT2D eigenvalue weighted by molar-refractivity contribution is 9.10. The van der Waals surface area contributed by atoms with Gasteiger partial charge < -0.3 is 5.32 Å². The van der Waals surface area contributed by atoms with Crippen LogP contribution < -0.4 is 5.32 Å². The third kappa shape index (κ3) is 3.26. The van der Waals surface area contributed by atoms with Gasteiger partial charge >= 0.3 is 0 Å². The average molecular weight is 316 g/mol. The lowest BCUT2D eigenvalue weighted by Gasteiger charge is -2.27. The summed E-state index contributed by atoms with van der Waals surface area (Å²) in [6, 6.07) is 1.76. The Kier molecular flexibility index (Phi) is 5.22. The number of likely N-dealkylation sites (N-methyl/N-ethyl adjacent to an activating group) is 1. The molecular formula is C12H18BrN3O2. The number of nitro groups is 1. The van der Waals surface area contributed by atoms with Crippen molar-refractivity contribution in [3.8, 4) is 0 Å². The van der Waals surface area contributed by atoms with Gasteiger partial charge in [0.25, 0.3) is 5.69 Å². The lowest BCUT2D eigenvalue weighted by atomic mass is 9.86. The van der Waals surface area contributed by atoms with Crippen LogP contribution in [0.4, 0.5) is 5.69 Å². The van der Waals surface area contributed by atoms with Crippen molar-refractivity contribution in [2.24, 2.45) is 5.92 Å². The molecule has 2 atom stereocenters. The van der Waals surface area contributed by atoms with Crippen molar-refractivity contribution < 1.29 is 4.92 Å². The SMILES string of the molecule is CNC(C)C(c1ncc([N+](=O)[O-])cc1Br)C(C)C. The van der Waals surface area contributed by atoms with Crippen LogP contribution in [0.1, 0.15) is 32.4 Å². The van der Waals surface area contributed by atoms with Crippen LogP contribution in [0.25, 0.3) is 0 Å². The fraction of sp³-hybridized carbons (Fsp3) is 0.583. The second-order valence-corrected chi connectivity index (χ2v) is 5.52. The molecular weight excluding hydrogens is 298 g/mol. The highest BCUT2D eigenvalue weighted by atomic mass is 79.9. The molecule has 2 unspecified atom stereocenters. The highest BCUT2D eigenvalue weighted by Gasteiger charge is 2.26. The normalized spacial score (nSPS) is 14.6. The minimum absolute atomic E-state index is 0.00485. The summed E-state index contributed by atoms with van der Waals surface area (Å²) in [5.41, 5.74) is 0.864. The smallest absolute Gasteiger partial charge is 0.288 e. The zero-order valence-electron chi connectivity index (χ0n) is 11.0. The van der Waals surface area contributed by atoms with E-state index in [1.807, 2.05) is 7.05 Å². The third-order valence-electron chi connectivity index (χ3n) is 3.09. The minimum Gasteiger partial charge on any atom is -0.317 e. The maximum Gasteiger partial charge on any atom is 0.288 e. The Morgan fingerprint density at radius 2 is 2.06 bits per heavy atom. The van der Waals surface area contributed by atoms with E-state index < -0.39 is 4.92 Å². The second-order valence-electron chi connectivity index (χ2n) is 4.66. The molecule has 1 heterocycles. The predicted octanol–water partition coefficient (Wildman–Crippen LogP) is 3.10. The van der Waals surface area contributed by atoms with Gasteiger partial charge in [0.15, 0.2) is 0 Å². The summed E-state index contributed by atoms with van der Waals surface area (Å²) in [6.45, 7) is 6.32. The predicted molar refractivity (Wildman–Crippen MR) is 74.7 cm³/mol. The van der Waals surface area contributed by atoms with Gasteiger partial charge in [-0.15, -0.1) is 0 Å². The number of pyridine rings is 1. The van der Waals surface area contributed by atoms with E-state index in [-0.39, 0.29) is 17.6 Å². The van der Waals surface area contributed by atoms with Gasteiger partial charge in [0.2, 0.25) is 0 Å². The molecule has 1 rings (SSSR count). The number of halogens is 1. The molecule has 0 amide bonds. The van der Waals surface area contributed by atoms with Crippen molar-refractivity contribution in [3.05, 3.63) is 32.5 Å². The quantitative estimate of drug-likeness (QED) is 0.669. The fourth-order valence-corrected chi connectivity index (χ4v) is 2.69. The van der Waals surface area contributed by atoms with Crippen molar-refractivity contribution >= 4 is 21.6 Å². The summed E-state index contributed by atoms with van der Waals surface area (Å²) in [6.07, 6.45) is 1.32. The summed E-state index contributed by atoms with van der Waals surface area (Å²) in [5, 5.41) is 13.9. The van der Waals surface area contributed by atoms with Gasteiger partial charge in [0.1, 0.15) is 6.20 Å². The molecule has 0 aliphatic heterocycles. The molecule has 0 aromatic carbocycles. The minimum atomic E-state index is -0.437. The first-order valence-corrected chi connectivity index (χ1v) is 6.64. The van der Waals surface area contributed by atoms with E-state index in [0.29, 0.717) is 10.4 Å². The Bertz CT molecular complexity index is 437. The number of aromatic nitrogens is 1. The molecule has 0 bridgehead atoms. The third-order valence-corrected chi connectivity index (χ3v) is 3.73. The van der Waals surface area contributed by atoms with E-state index >= 15 is 0 Å². The van der Waals surface area contributed by atoms with E-state index in [9.17, 15) is 10.1 Å². The molecule has 0 spiro atoms. The topological polar surface area (TPSA) is 68.1 Å². The number of nitrogens with one attached hydrogen (secondary N) is 1. The Morgan fingerprint density at radius 3 is 2.44 bits per heavy atom. The van der Waals surface area contributed by atoms with Crippen molar-refractivity contribution in [1.29, 1.82) is 0 Å². The van der Waals surface area contributed by atoms with Crippen LogP contribution in [0, 0.1) is 16.0 Å². The fourth-order valence-electron chi connectivity index (χ4n) is 2.09. The Hall–Kier alpha value is -1.01. The van der Waals surface area contributed by atoms with E-state index in [4.69, 9.17) is 0 Å². The maximum atomic E-state index is 10.7. The van der Waals surface area contributed by atoms with Crippen LogP contribution in [-0.4, -0.2) is 23.0 Å². The van der Waals surface area contributed by atoms with E-state index in [0.717, 1.165) is 5.69 Å². The van der Waals surface area contributed by atoms with Crippen molar-refractivity contribution in [2.75, 3.05) is 7.05 Å². The van der Waals surface area contributed by atoms with Gasteiger partial charge in [0, 0.05) is 22.5 Å². The van der Waals surface area contributed by atoms with Crippen LogP contribution in [-0.2, 0) is 0 Å². The molecule has 0 saturated carbocycles. The van der Waals surface area contributed by atoms with Crippen LogP contribution in [0.3, 0.4) is 0 Å². The zero-order valence-corrected chi connectivity index (χ0v) is 12.6. The second kappa shape index (κ2) is 6.24. The van der Waals surface area contributed by atoms with Crippen LogP contribution in [0.2, 0.25) is 0 Å². The van der Waals surface area contributed by atoms with Crippen LogP contribution in [0.5, 0.6) is 0 Å². The van der Waals surface area contributed by atoms with E-state index in [1.165, 1.54) is 12.3 Å². The van der Waals surface area contributed by atoms with Crippen LogP contribution >= 0.6 is 15.9 Å². The molecule has 100 valence electrons. The number of nitrogens with zero attached hydrogens (tertiary/aromatic N) is 2. The van der Waals surface area contributed by atoms with Crippen LogP contribution in [0.15, 0.2) is 16.7 Å². The highest BCUT2D eigenvalue weighted by Crippen LogP contribution is 2.33. The lowest BCUT2D eigenvalue weighted by molar-refractivity contribution is -0.385. The molecule has 1 N–H and O–H groups in total. The van der Waals surface area contributed by atoms with Crippen molar-refractivity contribution in [1.82, 2.24) is 10.3 Å². The molecule has 6 heteroatoms. The van der Waals surface area contributed by atoms with Gasteiger partial charge in [-0.25, -0.2) is 0 Å². The molecule has 0 saturated heterocycles. The van der Waals surface area contributed by atoms with Gasteiger partial charge in [-0.05, 0) is 35.8 Å². The van der Waals surface area contributed by atoms with Crippen molar-refractivity contribution in [3.63, 3.8) is 0 Å². The summed E-state index contributed by atoms with van der Waals surface area (Å²) in [4.78, 5) is 14.5. The largest absolute Gasteiger partial charge is 0.317 e. The molecule has 1 aromatic heterocycles. The number of hydrogen-bond donors (Lipinski definition) is 1. The van der Waals surface area contributed by atoms with Gasteiger partial charge in [-0.3, -0.25) is 15.1 Å². The average Bonchev–Trinajstić information content (AvgIpc) is 2.30. The lowest BCUT2D eigenvalue weighted by Crippen LogP contribution is -2.32.